The Labute approximate surface area is 199 Å². The molecule has 2 N–H and O–H groups in total. The van der Waals surface area contributed by atoms with E-state index >= 15 is 0 Å². The second kappa shape index (κ2) is 11.0. The summed E-state index contributed by atoms with van der Waals surface area (Å²) in [5.41, 5.74) is 2.21. The Kier molecular flexibility index (Phi) is 8.36. The number of rotatable bonds is 6. The van der Waals surface area contributed by atoms with Gasteiger partial charge in [-0.05, 0) is 54.7 Å². The molecule has 2 aliphatic heterocycles. The second-order valence-electron chi connectivity index (χ2n) is 7.69. The first kappa shape index (κ1) is 23.6. The van der Waals surface area contributed by atoms with E-state index in [0.717, 1.165) is 48.8 Å². The van der Waals surface area contributed by atoms with Crippen molar-refractivity contribution < 1.29 is 18.6 Å². The lowest BCUT2D eigenvalue weighted by molar-refractivity contribution is 0.0513. The molecular weight excluding hydrogens is 512 g/mol. The van der Waals surface area contributed by atoms with Crippen molar-refractivity contribution in [1.29, 1.82) is 0 Å². The largest absolute Gasteiger partial charge is 0.454 e. The van der Waals surface area contributed by atoms with Gasteiger partial charge in [-0.15, -0.1) is 24.0 Å². The molecule has 2 aromatic carbocycles. The Morgan fingerprint density at radius 3 is 2.52 bits per heavy atom. The van der Waals surface area contributed by atoms with Gasteiger partial charge in [-0.1, -0.05) is 18.2 Å². The number of nitrogens with zero attached hydrogens (tertiary/aromatic N) is 1. The molecule has 168 valence electrons. The fourth-order valence-corrected chi connectivity index (χ4v) is 4.03. The van der Waals surface area contributed by atoms with Crippen molar-refractivity contribution in [3.63, 3.8) is 0 Å². The summed E-state index contributed by atoms with van der Waals surface area (Å²) < 4.78 is 29.8. The molecule has 0 aliphatic carbocycles. The highest BCUT2D eigenvalue weighted by atomic mass is 127. The minimum absolute atomic E-state index is 0. The van der Waals surface area contributed by atoms with Gasteiger partial charge in [-0.2, -0.15) is 0 Å². The van der Waals surface area contributed by atoms with E-state index in [4.69, 9.17) is 14.2 Å². The van der Waals surface area contributed by atoms with Crippen LogP contribution in [0.4, 0.5) is 4.39 Å². The van der Waals surface area contributed by atoms with Crippen molar-refractivity contribution in [3.05, 3.63) is 59.4 Å². The highest BCUT2D eigenvalue weighted by Gasteiger charge is 2.34. The fourth-order valence-electron chi connectivity index (χ4n) is 4.03. The fraction of sp³-hybridized carbons (Fsp3) is 0.435. The summed E-state index contributed by atoms with van der Waals surface area (Å²) in [6.07, 6.45) is 2.62. The predicted octanol–water partition coefficient (Wildman–Crippen LogP) is 3.63. The number of ether oxygens (including phenoxy) is 3. The van der Waals surface area contributed by atoms with Crippen LogP contribution in [0.1, 0.15) is 24.0 Å². The minimum Gasteiger partial charge on any atom is -0.454 e. The summed E-state index contributed by atoms with van der Waals surface area (Å²) in [6, 6.07) is 12.9. The van der Waals surface area contributed by atoms with Crippen molar-refractivity contribution in [2.75, 3.05) is 40.1 Å². The molecule has 8 heteroatoms. The van der Waals surface area contributed by atoms with Gasteiger partial charge in [-0.25, -0.2) is 4.39 Å². The van der Waals surface area contributed by atoms with Gasteiger partial charge in [-0.3, -0.25) is 4.99 Å². The van der Waals surface area contributed by atoms with Crippen molar-refractivity contribution in [2.45, 2.75) is 24.7 Å². The monoisotopic (exact) mass is 541 g/mol. The molecule has 6 nitrogen and oxygen atoms in total. The van der Waals surface area contributed by atoms with Crippen LogP contribution in [0.25, 0.3) is 0 Å². The summed E-state index contributed by atoms with van der Waals surface area (Å²) in [5.74, 6) is 2.14. The highest BCUT2D eigenvalue weighted by Crippen LogP contribution is 2.34. The summed E-state index contributed by atoms with van der Waals surface area (Å²) >= 11 is 0. The summed E-state index contributed by atoms with van der Waals surface area (Å²) in [4.78, 5) is 4.36. The second-order valence-corrected chi connectivity index (χ2v) is 7.69. The third-order valence-electron chi connectivity index (χ3n) is 5.87. The smallest absolute Gasteiger partial charge is 0.231 e. The molecule has 0 unspecified atom stereocenters. The molecule has 31 heavy (non-hydrogen) atoms. The Morgan fingerprint density at radius 2 is 1.77 bits per heavy atom. The maximum atomic E-state index is 13.4. The van der Waals surface area contributed by atoms with Crippen LogP contribution in [0.5, 0.6) is 11.5 Å². The number of hydrogen-bond acceptors (Lipinski definition) is 4. The zero-order chi connectivity index (χ0) is 20.8. The van der Waals surface area contributed by atoms with E-state index in [2.05, 4.69) is 21.7 Å². The first-order valence-corrected chi connectivity index (χ1v) is 10.4. The molecule has 0 atom stereocenters. The number of halogens is 2. The van der Waals surface area contributed by atoms with Gasteiger partial charge in [0.2, 0.25) is 6.79 Å². The van der Waals surface area contributed by atoms with Gasteiger partial charge < -0.3 is 24.8 Å². The van der Waals surface area contributed by atoms with Gasteiger partial charge in [0.05, 0.1) is 0 Å². The standard InChI is InChI=1S/C23H28FN3O3.HI/c1-25-22(26-11-8-17-2-7-20-21(14-17)30-16-29-20)27-15-23(9-12-28-13-10-23)18-3-5-19(24)6-4-18;/h2-7,14H,8-13,15-16H2,1H3,(H2,25,26,27);1H. The molecule has 0 saturated carbocycles. The van der Waals surface area contributed by atoms with E-state index in [0.29, 0.717) is 19.8 Å². The molecule has 0 bridgehead atoms. The highest BCUT2D eigenvalue weighted by molar-refractivity contribution is 14.0. The van der Waals surface area contributed by atoms with Crippen LogP contribution in [-0.4, -0.2) is 46.1 Å². The van der Waals surface area contributed by atoms with Crippen LogP contribution in [0.2, 0.25) is 0 Å². The average molecular weight is 541 g/mol. The number of hydrogen-bond donors (Lipinski definition) is 2. The lowest BCUT2D eigenvalue weighted by Crippen LogP contribution is -2.48. The Balaban J connectivity index is 0.00000272. The molecular formula is C23H29FIN3O3. The van der Waals surface area contributed by atoms with Crippen molar-refractivity contribution >= 4 is 29.9 Å². The molecule has 4 rings (SSSR count). The van der Waals surface area contributed by atoms with Crippen LogP contribution >= 0.6 is 24.0 Å². The summed E-state index contributed by atoms with van der Waals surface area (Å²) in [5, 5.41) is 6.84. The van der Waals surface area contributed by atoms with Crippen LogP contribution in [0.15, 0.2) is 47.5 Å². The van der Waals surface area contributed by atoms with Crippen molar-refractivity contribution in [1.82, 2.24) is 10.6 Å². The van der Waals surface area contributed by atoms with Gasteiger partial charge in [0.25, 0.3) is 0 Å². The minimum atomic E-state index is -0.213. The van der Waals surface area contributed by atoms with Gasteiger partial charge in [0, 0.05) is 38.8 Å². The number of nitrogens with one attached hydrogen (secondary N) is 2. The number of fused-ring (bicyclic) bond motifs is 1. The molecule has 2 heterocycles. The SMILES string of the molecule is CN=C(NCCc1ccc2c(c1)OCO2)NCC1(c2ccc(F)cc2)CCOCC1.I. The maximum Gasteiger partial charge on any atom is 0.231 e. The first-order chi connectivity index (χ1) is 14.7. The van der Waals surface area contributed by atoms with E-state index in [1.165, 1.54) is 17.7 Å². The third kappa shape index (κ3) is 5.79. The molecule has 0 amide bonds. The Morgan fingerprint density at radius 1 is 1.03 bits per heavy atom. The normalized spacial score (nSPS) is 17.0. The van der Waals surface area contributed by atoms with Gasteiger partial charge in [0.15, 0.2) is 17.5 Å². The van der Waals surface area contributed by atoms with E-state index in [1.807, 2.05) is 24.3 Å². The number of benzene rings is 2. The zero-order valence-electron chi connectivity index (χ0n) is 17.7. The van der Waals surface area contributed by atoms with E-state index in [1.54, 1.807) is 7.05 Å². The average Bonchev–Trinajstić information content (AvgIpc) is 3.25. The van der Waals surface area contributed by atoms with E-state index in [9.17, 15) is 4.39 Å². The molecule has 0 radical (unpaired) electrons. The van der Waals surface area contributed by atoms with Crippen molar-refractivity contribution in [3.8, 4) is 11.5 Å². The Bertz CT molecular complexity index is 886. The van der Waals surface area contributed by atoms with E-state index < -0.39 is 0 Å². The molecule has 0 spiro atoms. The van der Waals surface area contributed by atoms with Gasteiger partial charge in [0.1, 0.15) is 5.82 Å². The van der Waals surface area contributed by atoms with Crippen LogP contribution in [-0.2, 0) is 16.6 Å². The molecule has 1 saturated heterocycles. The van der Waals surface area contributed by atoms with Crippen molar-refractivity contribution in [2.24, 2.45) is 4.99 Å². The quantitative estimate of drug-likeness (QED) is 0.333. The van der Waals surface area contributed by atoms with Gasteiger partial charge >= 0.3 is 0 Å². The predicted molar refractivity (Wildman–Crippen MR) is 129 cm³/mol. The molecule has 2 aliphatic rings. The zero-order valence-corrected chi connectivity index (χ0v) is 20.0. The van der Waals surface area contributed by atoms with Crippen LogP contribution in [0, 0.1) is 5.82 Å². The number of guanidine groups is 1. The maximum absolute atomic E-state index is 13.4. The van der Waals surface area contributed by atoms with Crippen LogP contribution in [0.3, 0.4) is 0 Å². The molecule has 1 fully saturated rings. The van der Waals surface area contributed by atoms with E-state index in [-0.39, 0.29) is 42.0 Å². The number of aliphatic imine (C=N–C) groups is 1. The summed E-state index contributed by atoms with van der Waals surface area (Å²) in [6.45, 7) is 3.15. The first-order valence-electron chi connectivity index (χ1n) is 10.4. The van der Waals surface area contributed by atoms with Crippen LogP contribution < -0.4 is 20.1 Å². The topological polar surface area (TPSA) is 64.1 Å². The lowest BCUT2D eigenvalue weighted by atomic mass is 9.74. The lowest BCUT2D eigenvalue weighted by Gasteiger charge is -2.38. The third-order valence-corrected chi connectivity index (χ3v) is 5.87. The summed E-state index contributed by atoms with van der Waals surface area (Å²) in [7, 11) is 1.77. The Hall–Kier alpha value is -2.07. The molecule has 2 aromatic rings. The molecule has 0 aromatic heterocycles.